The fraction of sp³-hybridized carbons (Fsp3) is 0.375. The van der Waals surface area contributed by atoms with Gasteiger partial charge in [-0.15, -0.1) is 11.3 Å². The Morgan fingerprint density at radius 1 is 1.36 bits per heavy atom. The van der Waals surface area contributed by atoms with Gasteiger partial charge in [-0.05, 0) is 25.1 Å². The first-order valence-corrected chi connectivity index (χ1v) is 7.88. The molecule has 6 heteroatoms. The highest BCUT2D eigenvalue weighted by Gasteiger charge is 2.14. The van der Waals surface area contributed by atoms with Crippen LogP contribution in [0.4, 0.5) is 0 Å². The van der Waals surface area contributed by atoms with Crippen LogP contribution in [-0.4, -0.2) is 46.3 Å². The third-order valence-corrected chi connectivity index (χ3v) is 4.46. The van der Waals surface area contributed by atoms with Gasteiger partial charge in [0.1, 0.15) is 4.88 Å². The van der Waals surface area contributed by atoms with Gasteiger partial charge in [-0.1, -0.05) is 24.3 Å². The molecule has 0 saturated heterocycles. The molecular formula is C16H20N2O3S. The molecule has 0 bridgehead atoms. The zero-order valence-corrected chi connectivity index (χ0v) is 13.6. The summed E-state index contributed by atoms with van der Waals surface area (Å²) in [6.07, 6.45) is 0.635. The Labute approximate surface area is 133 Å². The summed E-state index contributed by atoms with van der Waals surface area (Å²) in [5.74, 6) is -0.916. The van der Waals surface area contributed by atoms with Crippen LogP contribution in [0.5, 0.6) is 0 Å². The van der Waals surface area contributed by atoms with E-state index in [-0.39, 0.29) is 6.61 Å². The van der Waals surface area contributed by atoms with Crippen LogP contribution in [0, 0.1) is 6.92 Å². The van der Waals surface area contributed by atoms with Crippen molar-refractivity contribution in [3.05, 3.63) is 51.0 Å². The van der Waals surface area contributed by atoms with E-state index in [1.165, 1.54) is 16.9 Å². The number of hydrogen-bond acceptors (Lipinski definition) is 5. The van der Waals surface area contributed by atoms with E-state index in [1.54, 1.807) is 6.92 Å². The van der Waals surface area contributed by atoms with Crippen LogP contribution in [0.1, 0.15) is 31.5 Å². The lowest BCUT2D eigenvalue weighted by atomic mass is 10.1. The largest absolute Gasteiger partial charge is 0.477 e. The van der Waals surface area contributed by atoms with Crippen molar-refractivity contribution in [1.82, 2.24) is 9.88 Å². The van der Waals surface area contributed by atoms with E-state index >= 15 is 0 Å². The monoisotopic (exact) mass is 320 g/mol. The summed E-state index contributed by atoms with van der Waals surface area (Å²) in [5, 5.41) is 18.8. The summed E-state index contributed by atoms with van der Waals surface area (Å²) in [6.45, 7) is 3.28. The molecule has 5 nitrogen and oxygen atoms in total. The number of benzene rings is 1. The SMILES string of the molecule is Cc1nc(Cc2cccc(CN(C)CCO)c2)sc1C(=O)O. The predicted octanol–water partition coefficient (Wildman–Crippen LogP) is 2.16. The minimum Gasteiger partial charge on any atom is -0.477 e. The molecule has 1 aromatic heterocycles. The number of aliphatic hydroxyl groups excluding tert-OH is 1. The maximum Gasteiger partial charge on any atom is 0.347 e. The summed E-state index contributed by atoms with van der Waals surface area (Å²) in [7, 11) is 1.96. The highest BCUT2D eigenvalue weighted by atomic mass is 32.1. The molecule has 0 amide bonds. The molecule has 0 aliphatic carbocycles. The number of likely N-dealkylation sites (N-methyl/N-ethyl adjacent to an activating group) is 1. The van der Waals surface area contributed by atoms with Crippen LogP contribution < -0.4 is 0 Å². The Kier molecular flexibility index (Phi) is 5.65. The van der Waals surface area contributed by atoms with Crippen LogP contribution in [0.15, 0.2) is 24.3 Å². The molecule has 0 radical (unpaired) electrons. The Morgan fingerprint density at radius 2 is 2.09 bits per heavy atom. The van der Waals surface area contributed by atoms with E-state index in [1.807, 2.05) is 25.2 Å². The molecular weight excluding hydrogens is 300 g/mol. The molecule has 118 valence electrons. The molecule has 1 heterocycles. The maximum atomic E-state index is 11.1. The van der Waals surface area contributed by atoms with Gasteiger partial charge in [0.05, 0.1) is 17.3 Å². The zero-order valence-electron chi connectivity index (χ0n) is 12.7. The van der Waals surface area contributed by atoms with Crippen molar-refractivity contribution in [2.75, 3.05) is 20.2 Å². The third kappa shape index (κ3) is 4.37. The van der Waals surface area contributed by atoms with E-state index in [0.717, 1.165) is 17.1 Å². The summed E-state index contributed by atoms with van der Waals surface area (Å²) >= 11 is 1.24. The van der Waals surface area contributed by atoms with E-state index in [2.05, 4.69) is 16.0 Å². The molecule has 0 atom stereocenters. The highest BCUT2D eigenvalue weighted by molar-refractivity contribution is 7.13. The Balaban J connectivity index is 2.10. The van der Waals surface area contributed by atoms with Crippen LogP contribution in [0.2, 0.25) is 0 Å². The minimum absolute atomic E-state index is 0.145. The van der Waals surface area contributed by atoms with Crippen LogP contribution in [0.25, 0.3) is 0 Å². The molecule has 0 fully saturated rings. The second-order valence-corrected chi connectivity index (χ2v) is 6.37. The average molecular weight is 320 g/mol. The van der Waals surface area contributed by atoms with E-state index in [4.69, 9.17) is 10.2 Å². The lowest BCUT2D eigenvalue weighted by molar-refractivity contribution is 0.0701. The fourth-order valence-electron chi connectivity index (χ4n) is 2.30. The molecule has 2 N–H and O–H groups in total. The quantitative estimate of drug-likeness (QED) is 0.818. The number of rotatable bonds is 7. The number of carboxylic acid groups (broad SMARTS) is 1. The number of thiazole rings is 1. The van der Waals surface area contributed by atoms with Gasteiger partial charge in [0.2, 0.25) is 0 Å². The summed E-state index contributed by atoms with van der Waals surface area (Å²) in [6, 6.07) is 8.17. The molecule has 0 spiro atoms. The second-order valence-electron chi connectivity index (χ2n) is 5.29. The molecule has 0 unspecified atom stereocenters. The molecule has 22 heavy (non-hydrogen) atoms. The molecule has 2 rings (SSSR count). The van der Waals surface area contributed by atoms with E-state index in [0.29, 0.717) is 23.5 Å². The van der Waals surface area contributed by atoms with Gasteiger partial charge >= 0.3 is 5.97 Å². The molecule has 0 aliphatic heterocycles. The minimum atomic E-state index is -0.916. The van der Waals surface area contributed by atoms with Gasteiger partial charge in [-0.3, -0.25) is 4.90 Å². The van der Waals surface area contributed by atoms with Crippen molar-refractivity contribution in [3.8, 4) is 0 Å². The molecule has 0 aliphatic rings. The van der Waals surface area contributed by atoms with Crippen LogP contribution in [0.3, 0.4) is 0 Å². The number of aromatic nitrogens is 1. The van der Waals surface area contributed by atoms with Gasteiger partial charge in [-0.25, -0.2) is 9.78 Å². The normalized spacial score (nSPS) is 11.1. The molecule has 2 aromatic rings. The van der Waals surface area contributed by atoms with Crippen molar-refractivity contribution in [2.45, 2.75) is 19.9 Å². The van der Waals surface area contributed by atoms with Crippen molar-refractivity contribution in [1.29, 1.82) is 0 Å². The predicted molar refractivity (Wildman–Crippen MR) is 86.5 cm³/mol. The van der Waals surface area contributed by atoms with E-state index in [9.17, 15) is 4.79 Å². The summed E-state index contributed by atoms with van der Waals surface area (Å²) in [5.41, 5.74) is 2.85. The first-order valence-electron chi connectivity index (χ1n) is 7.06. The topological polar surface area (TPSA) is 73.7 Å². The van der Waals surface area contributed by atoms with Gasteiger partial charge in [0.15, 0.2) is 0 Å². The number of nitrogens with zero attached hydrogens (tertiary/aromatic N) is 2. The zero-order chi connectivity index (χ0) is 16.1. The molecule has 1 aromatic carbocycles. The summed E-state index contributed by atoms with van der Waals surface area (Å²) < 4.78 is 0. The van der Waals surface area contributed by atoms with Crippen molar-refractivity contribution >= 4 is 17.3 Å². The summed E-state index contributed by atoms with van der Waals surface area (Å²) in [4.78, 5) is 17.8. The standard InChI is InChI=1S/C16H20N2O3S/c1-11-15(16(20)21)22-14(17-11)9-12-4-3-5-13(8-12)10-18(2)6-7-19/h3-5,8,19H,6-7,9-10H2,1-2H3,(H,20,21). The van der Waals surface area contributed by atoms with Gasteiger partial charge in [0.25, 0.3) is 0 Å². The fourth-order valence-corrected chi connectivity index (χ4v) is 3.24. The van der Waals surface area contributed by atoms with Crippen molar-refractivity contribution < 1.29 is 15.0 Å². The number of carboxylic acids is 1. The van der Waals surface area contributed by atoms with Gasteiger partial charge in [0, 0.05) is 19.5 Å². The maximum absolute atomic E-state index is 11.1. The highest BCUT2D eigenvalue weighted by Crippen LogP contribution is 2.21. The van der Waals surface area contributed by atoms with Crippen LogP contribution in [-0.2, 0) is 13.0 Å². The number of aryl methyl sites for hydroxylation is 1. The Bertz CT molecular complexity index is 655. The Hall–Kier alpha value is -1.76. The first kappa shape index (κ1) is 16.6. The van der Waals surface area contributed by atoms with Crippen molar-refractivity contribution in [3.63, 3.8) is 0 Å². The number of carbonyl (C=O) groups is 1. The number of hydrogen-bond donors (Lipinski definition) is 2. The molecule has 0 saturated carbocycles. The third-order valence-electron chi connectivity index (χ3n) is 3.32. The number of aliphatic hydroxyl groups is 1. The lowest BCUT2D eigenvalue weighted by Gasteiger charge is -2.15. The van der Waals surface area contributed by atoms with Gasteiger partial charge < -0.3 is 10.2 Å². The van der Waals surface area contributed by atoms with E-state index < -0.39 is 5.97 Å². The van der Waals surface area contributed by atoms with Crippen LogP contribution >= 0.6 is 11.3 Å². The average Bonchev–Trinajstić information content (AvgIpc) is 2.80. The second kappa shape index (κ2) is 7.49. The Morgan fingerprint density at radius 3 is 2.73 bits per heavy atom. The lowest BCUT2D eigenvalue weighted by Crippen LogP contribution is -2.21. The van der Waals surface area contributed by atoms with Gasteiger partial charge in [-0.2, -0.15) is 0 Å². The van der Waals surface area contributed by atoms with Crippen molar-refractivity contribution in [2.24, 2.45) is 0 Å². The number of aromatic carboxylic acids is 1. The smallest absolute Gasteiger partial charge is 0.347 e. The first-order chi connectivity index (χ1) is 10.5.